The van der Waals surface area contributed by atoms with Crippen molar-refractivity contribution in [3.05, 3.63) is 24.3 Å². The Balaban J connectivity index is 1.76. The first-order valence-corrected chi connectivity index (χ1v) is 8.77. The van der Waals surface area contributed by atoms with Crippen LogP contribution in [0.4, 0.5) is 16.2 Å². The fourth-order valence-electron chi connectivity index (χ4n) is 2.85. The third-order valence-corrected chi connectivity index (χ3v) is 4.71. The molecule has 1 heterocycles. The summed E-state index contributed by atoms with van der Waals surface area (Å²) in [5.41, 5.74) is 1.22. The van der Waals surface area contributed by atoms with Crippen molar-refractivity contribution in [2.45, 2.75) is 45.2 Å². The zero-order valence-electron chi connectivity index (χ0n) is 14.5. The minimum absolute atomic E-state index is 0.00318. The zero-order valence-corrected chi connectivity index (χ0v) is 14.5. The molecule has 0 spiro atoms. The first kappa shape index (κ1) is 17.3. The van der Waals surface area contributed by atoms with Gasteiger partial charge in [0.05, 0.1) is 11.4 Å². The molecule has 0 bridgehead atoms. The SMILES string of the molecule is CCC(C)C(NC(=O)N1CC(=O)Nc2ccccc21)C(=O)NC1CC1. The van der Waals surface area contributed by atoms with Crippen molar-refractivity contribution in [2.24, 2.45) is 5.92 Å². The fourth-order valence-corrected chi connectivity index (χ4v) is 2.85. The number of benzene rings is 1. The molecule has 134 valence electrons. The second kappa shape index (κ2) is 7.13. The summed E-state index contributed by atoms with van der Waals surface area (Å²) in [6.07, 6.45) is 2.75. The summed E-state index contributed by atoms with van der Waals surface area (Å²) in [6.45, 7) is 3.85. The molecule has 1 aliphatic carbocycles. The molecule has 1 fully saturated rings. The van der Waals surface area contributed by atoms with Gasteiger partial charge < -0.3 is 16.0 Å². The number of rotatable bonds is 5. The third-order valence-electron chi connectivity index (χ3n) is 4.71. The van der Waals surface area contributed by atoms with Crippen molar-refractivity contribution < 1.29 is 14.4 Å². The van der Waals surface area contributed by atoms with Gasteiger partial charge in [-0.25, -0.2) is 4.79 Å². The highest BCUT2D eigenvalue weighted by Crippen LogP contribution is 2.29. The van der Waals surface area contributed by atoms with Crippen molar-refractivity contribution >= 4 is 29.2 Å². The molecule has 1 saturated carbocycles. The van der Waals surface area contributed by atoms with E-state index >= 15 is 0 Å². The van der Waals surface area contributed by atoms with Crippen molar-refractivity contribution in [3.8, 4) is 0 Å². The van der Waals surface area contributed by atoms with Crippen LogP contribution in [0.15, 0.2) is 24.3 Å². The van der Waals surface area contributed by atoms with Gasteiger partial charge in [0.25, 0.3) is 0 Å². The van der Waals surface area contributed by atoms with E-state index in [1.54, 1.807) is 18.2 Å². The van der Waals surface area contributed by atoms with E-state index in [2.05, 4.69) is 16.0 Å². The molecule has 2 atom stereocenters. The predicted octanol–water partition coefficient (Wildman–Crippen LogP) is 1.85. The van der Waals surface area contributed by atoms with Gasteiger partial charge in [-0.3, -0.25) is 14.5 Å². The van der Waals surface area contributed by atoms with E-state index in [1.165, 1.54) is 4.90 Å². The molecule has 1 aliphatic heterocycles. The van der Waals surface area contributed by atoms with Gasteiger partial charge in [-0.05, 0) is 30.9 Å². The molecule has 2 unspecified atom stereocenters. The molecule has 7 heteroatoms. The Bertz CT molecular complexity index is 687. The highest BCUT2D eigenvalue weighted by atomic mass is 16.2. The second-order valence-corrected chi connectivity index (χ2v) is 6.75. The van der Waals surface area contributed by atoms with E-state index in [9.17, 15) is 14.4 Å². The molecule has 0 aromatic heterocycles. The largest absolute Gasteiger partial charge is 0.352 e. The molecular formula is C18H24N4O3. The maximum absolute atomic E-state index is 12.8. The molecule has 3 rings (SSSR count). The average Bonchev–Trinajstić information content (AvgIpc) is 3.41. The Morgan fingerprint density at radius 2 is 2.04 bits per heavy atom. The number of nitrogens with one attached hydrogen (secondary N) is 3. The Labute approximate surface area is 147 Å². The monoisotopic (exact) mass is 344 g/mol. The number of fused-ring (bicyclic) bond motifs is 1. The van der Waals surface area contributed by atoms with Crippen LogP contribution in [0.1, 0.15) is 33.1 Å². The van der Waals surface area contributed by atoms with E-state index in [0.29, 0.717) is 11.4 Å². The fraction of sp³-hybridized carbons (Fsp3) is 0.500. The van der Waals surface area contributed by atoms with Crippen molar-refractivity contribution in [1.82, 2.24) is 10.6 Å². The van der Waals surface area contributed by atoms with Crippen LogP contribution in [-0.4, -0.2) is 36.5 Å². The van der Waals surface area contributed by atoms with Crippen LogP contribution in [-0.2, 0) is 9.59 Å². The zero-order chi connectivity index (χ0) is 18.0. The Kier molecular flexibility index (Phi) is 4.92. The predicted molar refractivity (Wildman–Crippen MR) is 95.4 cm³/mol. The number of carbonyl (C=O) groups is 3. The van der Waals surface area contributed by atoms with E-state index in [1.807, 2.05) is 19.9 Å². The molecule has 2 aliphatic rings. The molecule has 0 radical (unpaired) electrons. The van der Waals surface area contributed by atoms with E-state index in [-0.39, 0.29) is 30.3 Å². The highest BCUT2D eigenvalue weighted by Gasteiger charge is 2.34. The van der Waals surface area contributed by atoms with E-state index in [0.717, 1.165) is 19.3 Å². The number of para-hydroxylation sites is 2. The maximum atomic E-state index is 12.8. The van der Waals surface area contributed by atoms with Gasteiger partial charge in [0, 0.05) is 6.04 Å². The number of urea groups is 1. The maximum Gasteiger partial charge on any atom is 0.323 e. The summed E-state index contributed by atoms with van der Waals surface area (Å²) in [4.78, 5) is 38.6. The number of carbonyl (C=O) groups excluding carboxylic acids is 3. The lowest BCUT2D eigenvalue weighted by molar-refractivity contribution is -0.124. The number of amides is 4. The Morgan fingerprint density at radius 1 is 1.32 bits per heavy atom. The Hall–Kier alpha value is -2.57. The smallest absolute Gasteiger partial charge is 0.323 e. The van der Waals surface area contributed by atoms with Crippen molar-refractivity contribution in [2.75, 3.05) is 16.8 Å². The number of hydrogen-bond acceptors (Lipinski definition) is 3. The topological polar surface area (TPSA) is 90.5 Å². The third kappa shape index (κ3) is 3.92. The van der Waals surface area contributed by atoms with Crippen LogP contribution in [0.2, 0.25) is 0 Å². The molecule has 1 aromatic carbocycles. The quantitative estimate of drug-likeness (QED) is 0.761. The lowest BCUT2D eigenvalue weighted by atomic mass is 9.98. The van der Waals surface area contributed by atoms with Crippen LogP contribution in [0.25, 0.3) is 0 Å². The average molecular weight is 344 g/mol. The molecule has 1 aromatic rings. The van der Waals surface area contributed by atoms with Gasteiger partial charge in [0.1, 0.15) is 12.6 Å². The van der Waals surface area contributed by atoms with Gasteiger partial charge in [-0.15, -0.1) is 0 Å². The van der Waals surface area contributed by atoms with E-state index < -0.39 is 12.1 Å². The molecular weight excluding hydrogens is 320 g/mol. The van der Waals surface area contributed by atoms with Crippen LogP contribution in [0, 0.1) is 5.92 Å². The van der Waals surface area contributed by atoms with Gasteiger partial charge >= 0.3 is 6.03 Å². The summed E-state index contributed by atoms with van der Waals surface area (Å²) in [5, 5.41) is 8.53. The van der Waals surface area contributed by atoms with Crippen LogP contribution in [0.3, 0.4) is 0 Å². The van der Waals surface area contributed by atoms with Gasteiger partial charge in [-0.1, -0.05) is 32.4 Å². The lowest BCUT2D eigenvalue weighted by Gasteiger charge is -2.32. The molecule has 4 amide bonds. The van der Waals surface area contributed by atoms with Crippen LogP contribution < -0.4 is 20.9 Å². The lowest BCUT2D eigenvalue weighted by Crippen LogP contribution is -2.56. The first-order valence-electron chi connectivity index (χ1n) is 8.77. The summed E-state index contributed by atoms with van der Waals surface area (Å²) in [7, 11) is 0. The standard InChI is InChI=1S/C18H24N4O3/c1-3-11(2)16(17(24)19-12-8-9-12)21-18(25)22-10-15(23)20-13-6-4-5-7-14(13)22/h4-7,11-12,16H,3,8-10H2,1-2H3,(H,19,24)(H,20,23)(H,21,25). The second-order valence-electron chi connectivity index (χ2n) is 6.75. The van der Waals surface area contributed by atoms with Gasteiger partial charge in [0.2, 0.25) is 11.8 Å². The highest BCUT2D eigenvalue weighted by molar-refractivity contribution is 6.10. The van der Waals surface area contributed by atoms with Gasteiger partial charge in [0.15, 0.2) is 0 Å². The summed E-state index contributed by atoms with van der Waals surface area (Å²) in [6, 6.07) is 6.31. The van der Waals surface area contributed by atoms with Crippen molar-refractivity contribution in [1.29, 1.82) is 0 Å². The molecule has 7 nitrogen and oxygen atoms in total. The summed E-state index contributed by atoms with van der Waals surface area (Å²) < 4.78 is 0. The molecule has 25 heavy (non-hydrogen) atoms. The van der Waals surface area contributed by atoms with Crippen LogP contribution >= 0.6 is 0 Å². The normalized spacial score (nSPS) is 18.6. The molecule has 0 saturated heterocycles. The number of nitrogens with zero attached hydrogens (tertiary/aromatic N) is 1. The van der Waals surface area contributed by atoms with E-state index in [4.69, 9.17) is 0 Å². The first-order chi connectivity index (χ1) is 12.0. The van der Waals surface area contributed by atoms with Gasteiger partial charge in [-0.2, -0.15) is 0 Å². The molecule has 3 N–H and O–H groups in total. The minimum atomic E-state index is -0.616. The number of anilines is 2. The summed E-state index contributed by atoms with van der Waals surface area (Å²) in [5.74, 6) is -0.409. The van der Waals surface area contributed by atoms with Crippen LogP contribution in [0.5, 0.6) is 0 Å². The summed E-state index contributed by atoms with van der Waals surface area (Å²) >= 11 is 0. The Morgan fingerprint density at radius 3 is 2.72 bits per heavy atom. The van der Waals surface area contributed by atoms with Crippen molar-refractivity contribution in [3.63, 3.8) is 0 Å². The minimum Gasteiger partial charge on any atom is -0.352 e. The number of hydrogen-bond donors (Lipinski definition) is 3.